The molecule has 2 rings (SSSR count). The number of carbonyl (C=O) groups is 1. The highest BCUT2D eigenvalue weighted by atomic mass is 16.4. The molecule has 0 aliphatic carbocycles. The largest absolute Gasteiger partial charge is 0.545 e. The second-order valence-corrected chi connectivity index (χ2v) is 4.65. The molecule has 3 nitrogen and oxygen atoms in total. The first-order valence-electron chi connectivity index (χ1n) is 6.14. The number of aromatic nitrogens is 1. The van der Waals surface area contributed by atoms with Gasteiger partial charge >= 0.3 is 0 Å². The lowest BCUT2D eigenvalue weighted by molar-refractivity contribution is -0.297. The van der Waals surface area contributed by atoms with E-state index in [0.29, 0.717) is 0 Å². The van der Waals surface area contributed by atoms with Crippen molar-refractivity contribution < 1.29 is 9.90 Å². The van der Waals surface area contributed by atoms with E-state index in [2.05, 4.69) is 28.8 Å². The molecule has 2 aromatic rings. The van der Waals surface area contributed by atoms with Gasteiger partial charge in [-0.25, -0.2) is 0 Å². The third kappa shape index (κ3) is 2.76. The van der Waals surface area contributed by atoms with Crippen LogP contribution >= 0.6 is 0 Å². The Balaban J connectivity index is 2.47. The highest BCUT2D eigenvalue weighted by Gasteiger charge is 2.08. The number of carboxylic acids is 1. The molecule has 0 atom stereocenters. The quantitative estimate of drug-likeness (QED) is 0.788. The van der Waals surface area contributed by atoms with Crippen LogP contribution in [-0.4, -0.2) is 10.5 Å². The summed E-state index contributed by atoms with van der Waals surface area (Å²) in [5.74, 6) is -1.18. The Morgan fingerprint density at radius 3 is 2.37 bits per heavy atom. The number of carbonyl (C=O) groups excluding carboxylic acids is 1. The van der Waals surface area contributed by atoms with E-state index in [0.717, 1.165) is 28.7 Å². The van der Waals surface area contributed by atoms with E-state index in [1.807, 2.05) is 26.8 Å². The minimum absolute atomic E-state index is 0.891. The second kappa shape index (κ2) is 5.14. The molecule has 1 aromatic carbocycles. The van der Waals surface area contributed by atoms with E-state index < -0.39 is 5.97 Å². The topological polar surface area (TPSA) is 45.1 Å². The van der Waals surface area contributed by atoms with Crippen molar-refractivity contribution in [2.75, 3.05) is 0 Å². The molecular weight excluding hydrogens is 238 g/mol. The van der Waals surface area contributed by atoms with E-state index in [4.69, 9.17) is 0 Å². The van der Waals surface area contributed by atoms with Gasteiger partial charge in [0, 0.05) is 17.1 Å². The average molecular weight is 254 g/mol. The maximum atomic E-state index is 10.5. The van der Waals surface area contributed by atoms with Gasteiger partial charge < -0.3 is 14.5 Å². The lowest BCUT2D eigenvalue weighted by Gasteiger charge is -2.09. The van der Waals surface area contributed by atoms with Gasteiger partial charge in [-0.15, -0.1) is 0 Å². The molecule has 0 fully saturated rings. The van der Waals surface area contributed by atoms with Gasteiger partial charge in [0.1, 0.15) is 0 Å². The van der Waals surface area contributed by atoms with E-state index in [9.17, 15) is 9.90 Å². The molecule has 98 valence electrons. The predicted octanol–water partition coefficient (Wildman–Crippen LogP) is 2.17. The first-order chi connectivity index (χ1) is 8.99. The van der Waals surface area contributed by atoms with Gasteiger partial charge in [0.05, 0.1) is 5.97 Å². The van der Waals surface area contributed by atoms with Gasteiger partial charge in [0.25, 0.3) is 0 Å². The number of aryl methyl sites for hydroxylation is 2. The highest BCUT2D eigenvalue weighted by molar-refractivity contribution is 5.84. The molecule has 0 N–H and O–H groups in total. The van der Waals surface area contributed by atoms with Crippen LogP contribution in [0.25, 0.3) is 11.8 Å². The smallest absolute Gasteiger partial charge is 0.0643 e. The maximum Gasteiger partial charge on any atom is 0.0643 e. The molecule has 0 radical (unpaired) electrons. The predicted molar refractivity (Wildman–Crippen MR) is 74.0 cm³/mol. The minimum atomic E-state index is -1.18. The molecule has 0 saturated heterocycles. The fraction of sp³-hybridized carbons (Fsp3) is 0.188. The SMILES string of the molecule is Cc1ccc(-n2c(C)cc(/C=C/C(=O)[O-])c2C)cc1. The number of aliphatic carboxylic acids is 1. The fourth-order valence-corrected chi connectivity index (χ4v) is 2.21. The monoisotopic (exact) mass is 254 g/mol. The Hall–Kier alpha value is -2.29. The Morgan fingerprint density at radius 1 is 1.16 bits per heavy atom. The third-order valence-electron chi connectivity index (χ3n) is 3.16. The molecule has 0 spiro atoms. The number of carboxylic acid groups (broad SMARTS) is 1. The molecule has 0 unspecified atom stereocenters. The fourth-order valence-electron chi connectivity index (χ4n) is 2.21. The van der Waals surface area contributed by atoms with Crippen molar-refractivity contribution in [1.82, 2.24) is 4.57 Å². The zero-order valence-electron chi connectivity index (χ0n) is 11.3. The summed E-state index contributed by atoms with van der Waals surface area (Å²) < 4.78 is 2.11. The van der Waals surface area contributed by atoms with Crippen LogP contribution in [0.2, 0.25) is 0 Å². The molecule has 3 heteroatoms. The van der Waals surface area contributed by atoms with E-state index in [-0.39, 0.29) is 0 Å². The highest BCUT2D eigenvalue weighted by Crippen LogP contribution is 2.22. The van der Waals surface area contributed by atoms with Crippen molar-refractivity contribution in [1.29, 1.82) is 0 Å². The zero-order valence-corrected chi connectivity index (χ0v) is 11.3. The zero-order chi connectivity index (χ0) is 14.0. The summed E-state index contributed by atoms with van der Waals surface area (Å²) in [5, 5.41) is 10.5. The molecule has 0 bridgehead atoms. The Kier molecular flexibility index (Phi) is 3.56. The van der Waals surface area contributed by atoms with Gasteiger partial charge in [0.2, 0.25) is 0 Å². The van der Waals surface area contributed by atoms with Crippen LogP contribution in [0.4, 0.5) is 0 Å². The minimum Gasteiger partial charge on any atom is -0.545 e. The van der Waals surface area contributed by atoms with Crippen LogP contribution in [-0.2, 0) is 4.79 Å². The first kappa shape index (κ1) is 13.1. The van der Waals surface area contributed by atoms with Gasteiger partial charge in [-0.2, -0.15) is 0 Å². The van der Waals surface area contributed by atoms with Crippen LogP contribution in [0.3, 0.4) is 0 Å². The van der Waals surface area contributed by atoms with Gasteiger partial charge in [-0.05, 0) is 50.6 Å². The van der Waals surface area contributed by atoms with Crippen LogP contribution in [0.5, 0.6) is 0 Å². The van der Waals surface area contributed by atoms with Crippen molar-refractivity contribution in [2.24, 2.45) is 0 Å². The normalized spacial score (nSPS) is 11.1. The van der Waals surface area contributed by atoms with E-state index in [1.165, 1.54) is 5.56 Å². The number of hydrogen-bond donors (Lipinski definition) is 0. The molecule has 1 heterocycles. The second-order valence-electron chi connectivity index (χ2n) is 4.65. The summed E-state index contributed by atoms with van der Waals surface area (Å²) in [5.41, 5.74) is 5.26. The molecule has 1 aromatic heterocycles. The number of rotatable bonds is 3. The Bertz CT molecular complexity index is 634. The van der Waals surface area contributed by atoms with Crippen LogP contribution in [0, 0.1) is 20.8 Å². The van der Waals surface area contributed by atoms with Crippen molar-refractivity contribution in [3.63, 3.8) is 0 Å². The number of benzene rings is 1. The summed E-state index contributed by atoms with van der Waals surface area (Å²) in [7, 11) is 0. The molecule has 0 aliphatic heterocycles. The summed E-state index contributed by atoms with van der Waals surface area (Å²) in [6, 6.07) is 10.2. The van der Waals surface area contributed by atoms with Crippen LogP contribution in [0.15, 0.2) is 36.4 Å². The Labute approximate surface area is 112 Å². The maximum absolute atomic E-state index is 10.5. The summed E-state index contributed by atoms with van der Waals surface area (Å²) in [4.78, 5) is 10.5. The van der Waals surface area contributed by atoms with Crippen molar-refractivity contribution >= 4 is 12.0 Å². The summed E-state index contributed by atoms with van der Waals surface area (Å²) in [6.45, 7) is 6.03. The van der Waals surface area contributed by atoms with Crippen molar-refractivity contribution in [2.45, 2.75) is 20.8 Å². The lowest BCUT2D eigenvalue weighted by atomic mass is 10.2. The van der Waals surface area contributed by atoms with Gasteiger partial charge in [-0.1, -0.05) is 23.8 Å². The van der Waals surface area contributed by atoms with Crippen molar-refractivity contribution in [3.8, 4) is 5.69 Å². The first-order valence-corrected chi connectivity index (χ1v) is 6.14. The van der Waals surface area contributed by atoms with E-state index >= 15 is 0 Å². The van der Waals surface area contributed by atoms with Gasteiger partial charge in [-0.3, -0.25) is 0 Å². The molecule has 0 amide bonds. The summed E-state index contributed by atoms with van der Waals surface area (Å²) in [6.07, 6.45) is 2.63. The van der Waals surface area contributed by atoms with Crippen LogP contribution < -0.4 is 5.11 Å². The number of nitrogens with zero attached hydrogens (tertiary/aromatic N) is 1. The molecule has 19 heavy (non-hydrogen) atoms. The van der Waals surface area contributed by atoms with Crippen molar-refractivity contribution in [3.05, 3.63) is 58.9 Å². The standard InChI is InChI=1S/C16H17NO2/c1-11-4-7-15(8-5-11)17-12(2)10-14(13(17)3)6-9-16(18)19/h4-10H,1-3H3,(H,18,19)/p-1/b9-6+. The lowest BCUT2D eigenvalue weighted by Crippen LogP contribution is -2.18. The molecular formula is C16H16NO2-. The number of hydrogen-bond acceptors (Lipinski definition) is 2. The van der Waals surface area contributed by atoms with E-state index in [1.54, 1.807) is 6.08 Å². The van der Waals surface area contributed by atoms with Gasteiger partial charge in [0.15, 0.2) is 0 Å². The Morgan fingerprint density at radius 2 is 1.79 bits per heavy atom. The summed E-state index contributed by atoms with van der Waals surface area (Å²) >= 11 is 0. The van der Waals surface area contributed by atoms with Crippen LogP contribution in [0.1, 0.15) is 22.5 Å². The molecule has 0 aliphatic rings. The average Bonchev–Trinajstić information content (AvgIpc) is 2.63. The molecule has 0 saturated carbocycles. The third-order valence-corrected chi connectivity index (χ3v) is 3.16.